The molecule has 1 fully saturated rings. The molecule has 28 heavy (non-hydrogen) atoms. The molecule has 1 atom stereocenters. The number of piperazine rings is 1. The van der Waals surface area contributed by atoms with Crippen molar-refractivity contribution in [1.29, 1.82) is 0 Å². The summed E-state index contributed by atoms with van der Waals surface area (Å²) in [6.07, 6.45) is -0.495. The van der Waals surface area contributed by atoms with E-state index in [9.17, 15) is 5.11 Å². The zero-order valence-corrected chi connectivity index (χ0v) is 18.4. The van der Waals surface area contributed by atoms with Crippen LogP contribution in [-0.2, 0) is 0 Å². The Labute approximate surface area is 179 Å². The number of aliphatic hydroxyl groups is 1. The lowest BCUT2D eigenvalue weighted by molar-refractivity contribution is 0.0662. The van der Waals surface area contributed by atoms with Crippen molar-refractivity contribution < 1.29 is 9.84 Å². The second kappa shape index (κ2) is 10.4. The zero-order valence-electron chi connectivity index (χ0n) is 16.8. The fourth-order valence-electron chi connectivity index (χ4n) is 3.65. The summed E-state index contributed by atoms with van der Waals surface area (Å²) in [4.78, 5) is 4.67. The van der Waals surface area contributed by atoms with Gasteiger partial charge in [-0.15, -0.1) is 12.4 Å². The van der Waals surface area contributed by atoms with Crippen molar-refractivity contribution in [2.75, 3.05) is 44.2 Å². The molecule has 1 aliphatic rings. The van der Waals surface area contributed by atoms with Crippen LogP contribution in [0.5, 0.6) is 5.75 Å². The molecule has 1 heterocycles. The Kier molecular flexibility index (Phi) is 8.44. The molecule has 0 saturated carbocycles. The zero-order chi connectivity index (χ0) is 19.4. The number of rotatable bonds is 6. The summed E-state index contributed by atoms with van der Waals surface area (Å²) in [6.45, 7) is 10.9. The molecule has 1 aliphatic heterocycles. The van der Waals surface area contributed by atoms with E-state index < -0.39 is 6.10 Å². The largest absolute Gasteiger partial charge is 0.491 e. The number of β-amino-alcohol motifs (C(OH)–C–C–N with tert-alkyl or cyclic N) is 1. The van der Waals surface area contributed by atoms with Crippen LogP contribution in [0.15, 0.2) is 36.4 Å². The van der Waals surface area contributed by atoms with Crippen molar-refractivity contribution in [2.45, 2.75) is 26.9 Å². The van der Waals surface area contributed by atoms with Crippen molar-refractivity contribution >= 4 is 29.7 Å². The molecule has 2 aromatic rings. The molecule has 4 nitrogen and oxygen atoms in total. The van der Waals surface area contributed by atoms with Crippen LogP contribution in [0.4, 0.5) is 5.69 Å². The van der Waals surface area contributed by atoms with Gasteiger partial charge in [-0.25, -0.2) is 0 Å². The molecule has 3 rings (SSSR count). The van der Waals surface area contributed by atoms with Gasteiger partial charge in [-0.2, -0.15) is 0 Å². The number of hydrogen-bond donors (Lipinski definition) is 1. The van der Waals surface area contributed by atoms with Crippen molar-refractivity contribution in [1.82, 2.24) is 4.90 Å². The lowest BCUT2D eigenvalue weighted by Gasteiger charge is -2.37. The first kappa shape index (κ1) is 22.8. The van der Waals surface area contributed by atoms with Gasteiger partial charge >= 0.3 is 0 Å². The van der Waals surface area contributed by atoms with Gasteiger partial charge in [-0.3, -0.25) is 4.90 Å². The second-order valence-electron chi connectivity index (χ2n) is 7.51. The van der Waals surface area contributed by atoms with E-state index in [0.717, 1.165) is 37.0 Å². The minimum atomic E-state index is -0.495. The summed E-state index contributed by atoms with van der Waals surface area (Å²) in [5.41, 5.74) is 4.80. The molecule has 0 amide bonds. The minimum absolute atomic E-state index is 0. The molecule has 0 bridgehead atoms. The third-order valence-corrected chi connectivity index (χ3v) is 5.23. The Morgan fingerprint density at radius 1 is 1.00 bits per heavy atom. The van der Waals surface area contributed by atoms with Crippen molar-refractivity contribution in [3.8, 4) is 5.75 Å². The lowest BCUT2D eigenvalue weighted by atomic mass is 10.1. The van der Waals surface area contributed by atoms with E-state index in [2.05, 4.69) is 42.7 Å². The van der Waals surface area contributed by atoms with E-state index in [1.807, 2.05) is 24.3 Å². The highest BCUT2D eigenvalue weighted by molar-refractivity contribution is 6.30. The SMILES string of the molecule is Cc1cc(C)cc(OCC(O)CN2CCN(c3cc(Cl)ccc3C)CC2)c1.Cl. The van der Waals surface area contributed by atoms with Gasteiger partial charge in [-0.05, 0) is 61.7 Å². The van der Waals surface area contributed by atoms with Gasteiger partial charge < -0.3 is 14.7 Å². The number of hydrogen-bond acceptors (Lipinski definition) is 4. The third kappa shape index (κ3) is 6.28. The lowest BCUT2D eigenvalue weighted by Crippen LogP contribution is -2.49. The van der Waals surface area contributed by atoms with E-state index in [1.54, 1.807) is 0 Å². The maximum absolute atomic E-state index is 10.4. The van der Waals surface area contributed by atoms with Gasteiger partial charge in [0.25, 0.3) is 0 Å². The van der Waals surface area contributed by atoms with Crippen LogP contribution in [-0.4, -0.2) is 55.4 Å². The quantitative estimate of drug-likeness (QED) is 0.751. The molecule has 6 heteroatoms. The Morgan fingerprint density at radius 3 is 2.29 bits per heavy atom. The highest BCUT2D eigenvalue weighted by Crippen LogP contribution is 2.25. The molecule has 1 N–H and O–H groups in total. The maximum Gasteiger partial charge on any atom is 0.119 e. The normalized spacial score (nSPS) is 15.8. The summed E-state index contributed by atoms with van der Waals surface area (Å²) in [5.74, 6) is 0.827. The maximum atomic E-state index is 10.4. The van der Waals surface area contributed by atoms with Gasteiger partial charge in [0.1, 0.15) is 18.5 Å². The molecule has 0 aromatic heterocycles. The molecular weight excluding hydrogens is 395 g/mol. The first-order chi connectivity index (χ1) is 12.9. The Hall–Kier alpha value is -1.46. The Bertz CT molecular complexity index is 757. The fourth-order valence-corrected chi connectivity index (χ4v) is 3.82. The average molecular weight is 425 g/mol. The van der Waals surface area contributed by atoms with Gasteiger partial charge in [0, 0.05) is 43.4 Å². The Balaban J connectivity index is 0.00000280. The van der Waals surface area contributed by atoms with Crippen LogP contribution in [0.3, 0.4) is 0 Å². The van der Waals surface area contributed by atoms with Crippen LogP contribution in [0.1, 0.15) is 16.7 Å². The number of ether oxygens (including phenoxy) is 1. The summed E-state index contributed by atoms with van der Waals surface area (Å²) in [5, 5.41) is 11.1. The molecule has 0 spiro atoms. The Morgan fingerprint density at radius 2 is 1.64 bits per heavy atom. The molecule has 154 valence electrons. The number of halogens is 2. The fraction of sp³-hybridized carbons (Fsp3) is 0.455. The molecule has 1 saturated heterocycles. The molecule has 0 radical (unpaired) electrons. The predicted octanol–water partition coefficient (Wildman–Crippen LogP) is 4.25. The van der Waals surface area contributed by atoms with E-state index in [-0.39, 0.29) is 12.4 Å². The highest BCUT2D eigenvalue weighted by atomic mass is 35.5. The number of benzene rings is 2. The molecule has 1 unspecified atom stereocenters. The topological polar surface area (TPSA) is 35.9 Å². The summed E-state index contributed by atoms with van der Waals surface area (Å²) < 4.78 is 5.79. The molecule has 2 aromatic carbocycles. The second-order valence-corrected chi connectivity index (χ2v) is 7.94. The number of nitrogens with zero attached hydrogens (tertiary/aromatic N) is 2. The van der Waals surface area contributed by atoms with Crippen molar-refractivity contribution in [3.63, 3.8) is 0 Å². The summed E-state index contributed by atoms with van der Waals surface area (Å²) in [6, 6.07) is 12.2. The smallest absolute Gasteiger partial charge is 0.119 e. The van der Waals surface area contributed by atoms with Crippen LogP contribution >= 0.6 is 24.0 Å². The van der Waals surface area contributed by atoms with E-state index in [4.69, 9.17) is 16.3 Å². The minimum Gasteiger partial charge on any atom is -0.491 e. The van der Waals surface area contributed by atoms with E-state index >= 15 is 0 Å². The third-order valence-electron chi connectivity index (χ3n) is 4.99. The van der Waals surface area contributed by atoms with Crippen molar-refractivity contribution in [3.05, 3.63) is 58.1 Å². The van der Waals surface area contributed by atoms with Crippen LogP contribution < -0.4 is 9.64 Å². The van der Waals surface area contributed by atoms with Crippen LogP contribution in [0.25, 0.3) is 0 Å². The molecule has 0 aliphatic carbocycles. The number of anilines is 1. The average Bonchev–Trinajstić information content (AvgIpc) is 2.62. The predicted molar refractivity (Wildman–Crippen MR) is 120 cm³/mol. The van der Waals surface area contributed by atoms with Crippen LogP contribution in [0, 0.1) is 20.8 Å². The van der Waals surface area contributed by atoms with Gasteiger partial charge in [0.2, 0.25) is 0 Å². The monoisotopic (exact) mass is 424 g/mol. The summed E-state index contributed by atoms with van der Waals surface area (Å²) >= 11 is 6.15. The van der Waals surface area contributed by atoms with Crippen LogP contribution in [0.2, 0.25) is 5.02 Å². The van der Waals surface area contributed by atoms with E-state index in [1.165, 1.54) is 22.4 Å². The van der Waals surface area contributed by atoms with Gasteiger partial charge in [0.05, 0.1) is 0 Å². The number of aliphatic hydroxyl groups excluding tert-OH is 1. The first-order valence-corrected chi connectivity index (χ1v) is 9.91. The van der Waals surface area contributed by atoms with Gasteiger partial charge in [-0.1, -0.05) is 23.7 Å². The van der Waals surface area contributed by atoms with Gasteiger partial charge in [0.15, 0.2) is 0 Å². The highest BCUT2D eigenvalue weighted by Gasteiger charge is 2.21. The van der Waals surface area contributed by atoms with Crippen molar-refractivity contribution in [2.24, 2.45) is 0 Å². The summed E-state index contributed by atoms with van der Waals surface area (Å²) in [7, 11) is 0. The molecular formula is C22H30Cl2N2O2. The first-order valence-electron chi connectivity index (χ1n) is 9.53. The standard InChI is InChI=1S/C22H29ClN2O2.ClH/c1-16-10-17(2)12-21(11-16)27-15-20(26)14-24-6-8-25(9-7-24)22-13-19(23)5-4-18(22)3;/h4-5,10-13,20,26H,6-9,14-15H2,1-3H3;1H. The number of aryl methyl sites for hydroxylation is 3. The van der Waals surface area contributed by atoms with E-state index in [0.29, 0.717) is 13.2 Å².